The van der Waals surface area contributed by atoms with Gasteiger partial charge in [0, 0.05) is 17.5 Å². The Labute approximate surface area is 122 Å². The molecule has 2 aromatic rings. The number of hydrogen-bond acceptors (Lipinski definition) is 4. The fraction of sp³-hybridized carbons (Fsp3) is 0.375. The summed E-state index contributed by atoms with van der Waals surface area (Å²) in [5.41, 5.74) is 1.39. The largest absolute Gasteiger partial charge is 0.449 e. The molecule has 0 unspecified atom stereocenters. The molecule has 1 aliphatic heterocycles. The molecule has 110 valence electrons. The summed E-state index contributed by atoms with van der Waals surface area (Å²) >= 11 is 0. The first-order valence-corrected chi connectivity index (χ1v) is 7.13. The van der Waals surface area contributed by atoms with Gasteiger partial charge in [-0.05, 0) is 32.3 Å². The van der Waals surface area contributed by atoms with Gasteiger partial charge in [-0.25, -0.2) is 4.79 Å². The lowest BCUT2D eigenvalue weighted by molar-refractivity contribution is -0.129. The van der Waals surface area contributed by atoms with Crippen LogP contribution in [0.3, 0.4) is 0 Å². The van der Waals surface area contributed by atoms with Gasteiger partial charge in [-0.2, -0.15) is 0 Å². The van der Waals surface area contributed by atoms with E-state index < -0.39 is 12.1 Å². The monoisotopic (exact) mass is 287 g/mol. The molecule has 2 heterocycles. The van der Waals surface area contributed by atoms with E-state index in [1.807, 2.05) is 25.1 Å². The number of ether oxygens (including phenoxy) is 1. The molecular formula is C16H17NO4. The van der Waals surface area contributed by atoms with E-state index in [1.165, 1.54) is 0 Å². The highest BCUT2D eigenvalue weighted by molar-refractivity contribution is 5.97. The van der Waals surface area contributed by atoms with Crippen LogP contribution in [0.2, 0.25) is 0 Å². The molecule has 1 aliphatic rings. The number of carbonyl (C=O) groups excluding carboxylic acids is 2. The number of furan rings is 1. The van der Waals surface area contributed by atoms with Crippen LogP contribution in [0, 0.1) is 6.92 Å². The van der Waals surface area contributed by atoms with Gasteiger partial charge in [-0.3, -0.25) is 4.79 Å². The molecule has 0 spiro atoms. The van der Waals surface area contributed by atoms with Crippen LogP contribution in [0.1, 0.15) is 35.4 Å². The molecule has 5 heteroatoms. The molecule has 1 aromatic carbocycles. The standard InChI is InChI=1S/C16H17NO4/c1-10-11-6-2-3-7-12(11)20-14(10)16(19)21-13-8-4-5-9-17-15(13)18/h2-3,6-7,13H,4-5,8-9H2,1H3,(H,17,18)/t13-/m1/s1. The Balaban J connectivity index is 1.83. The number of hydrogen-bond donors (Lipinski definition) is 1. The lowest BCUT2D eigenvalue weighted by Gasteiger charge is -2.13. The fourth-order valence-electron chi connectivity index (χ4n) is 2.58. The van der Waals surface area contributed by atoms with Crippen molar-refractivity contribution in [3.63, 3.8) is 0 Å². The molecule has 1 fully saturated rings. The quantitative estimate of drug-likeness (QED) is 0.862. The highest BCUT2D eigenvalue weighted by Crippen LogP contribution is 2.26. The minimum Gasteiger partial charge on any atom is -0.449 e. The van der Waals surface area contributed by atoms with Crippen LogP contribution in [0.25, 0.3) is 11.0 Å². The van der Waals surface area contributed by atoms with Gasteiger partial charge in [0.25, 0.3) is 5.91 Å². The van der Waals surface area contributed by atoms with Crippen molar-refractivity contribution in [2.24, 2.45) is 0 Å². The second kappa shape index (κ2) is 5.60. The number of aryl methyl sites for hydroxylation is 1. The third-order valence-electron chi connectivity index (χ3n) is 3.76. The van der Waals surface area contributed by atoms with Crippen molar-refractivity contribution in [2.75, 3.05) is 6.54 Å². The third kappa shape index (κ3) is 2.63. The number of carbonyl (C=O) groups is 2. The lowest BCUT2D eigenvalue weighted by atomic mass is 10.1. The van der Waals surface area contributed by atoms with Crippen LogP contribution in [0.15, 0.2) is 28.7 Å². The molecule has 0 saturated carbocycles. The van der Waals surface area contributed by atoms with Gasteiger partial charge in [0.1, 0.15) is 5.58 Å². The smallest absolute Gasteiger partial charge is 0.375 e. The van der Waals surface area contributed by atoms with Crippen molar-refractivity contribution in [3.05, 3.63) is 35.6 Å². The number of esters is 1. The second-order valence-corrected chi connectivity index (χ2v) is 5.23. The van der Waals surface area contributed by atoms with E-state index in [0.717, 1.165) is 23.8 Å². The lowest BCUT2D eigenvalue weighted by Crippen LogP contribution is -2.36. The number of rotatable bonds is 2. The second-order valence-electron chi connectivity index (χ2n) is 5.23. The van der Waals surface area contributed by atoms with Gasteiger partial charge in [-0.1, -0.05) is 18.2 Å². The molecule has 5 nitrogen and oxygen atoms in total. The summed E-state index contributed by atoms with van der Waals surface area (Å²) in [5, 5.41) is 3.63. The minimum absolute atomic E-state index is 0.174. The van der Waals surface area contributed by atoms with Crippen LogP contribution in [0.5, 0.6) is 0 Å². The molecule has 3 rings (SSSR count). The van der Waals surface area contributed by atoms with E-state index in [4.69, 9.17) is 9.15 Å². The van der Waals surface area contributed by atoms with Crippen LogP contribution < -0.4 is 5.32 Å². The van der Waals surface area contributed by atoms with Crippen molar-refractivity contribution in [1.82, 2.24) is 5.32 Å². The van der Waals surface area contributed by atoms with Crippen LogP contribution in [0.4, 0.5) is 0 Å². The number of amides is 1. The van der Waals surface area contributed by atoms with E-state index in [1.54, 1.807) is 6.07 Å². The third-order valence-corrected chi connectivity index (χ3v) is 3.76. The van der Waals surface area contributed by atoms with Crippen molar-refractivity contribution in [3.8, 4) is 0 Å². The molecule has 1 N–H and O–H groups in total. The van der Waals surface area contributed by atoms with Crippen molar-refractivity contribution < 1.29 is 18.7 Å². The van der Waals surface area contributed by atoms with Gasteiger partial charge >= 0.3 is 5.97 Å². The molecule has 0 aliphatic carbocycles. The van der Waals surface area contributed by atoms with Crippen LogP contribution >= 0.6 is 0 Å². The normalized spacial score (nSPS) is 19.1. The Morgan fingerprint density at radius 3 is 2.95 bits per heavy atom. The molecule has 1 saturated heterocycles. The van der Waals surface area contributed by atoms with Crippen LogP contribution in [-0.2, 0) is 9.53 Å². The molecular weight excluding hydrogens is 270 g/mol. The maximum atomic E-state index is 12.3. The predicted octanol–water partition coefficient (Wildman–Crippen LogP) is 2.57. The van der Waals surface area contributed by atoms with E-state index in [2.05, 4.69) is 5.32 Å². The Morgan fingerprint density at radius 1 is 1.33 bits per heavy atom. The first-order valence-electron chi connectivity index (χ1n) is 7.13. The fourth-order valence-corrected chi connectivity index (χ4v) is 2.58. The topological polar surface area (TPSA) is 68.5 Å². The Hall–Kier alpha value is -2.30. The Morgan fingerprint density at radius 2 is 2.14 bits per heavy atom. The minimum atomic E-state index is -0.729. The zero-order valence-corrected chi connectivity index (χ0v) is 11.8. The number of fused-ring (bicyclic) bond motifs is 1. The van der Waals surface area contributed by atoms with E-state index in [0.29, 0.717) is 18.5 Å². The maximum absolute atomic E-state index is 12.3. The Bertz CT molecular complexity index is 689. The summed E-state index contributed by atoms with van der Waals surface area (Å²) in [6, 6.07) is 7.43. The van der Waals surface area contributed by atoms with E-state index in [9.17, 15) is 9.59 Å². The number of para-hydroxylation sites is 1. The Kier molecular flexibility index (Phi) is 3.64. The van der Waals surface area contributed by atoms with Crippen LogP contribution in [-0.4, -0.2) is 24.5 Å². The summed E-state index contributed by atoms with van der Waals surface area (Å²) in [5.74, 6) is -0.631. The van der Waals surface area contributed by atoms with E-state index in [-0.39, 0.29) is 11.7 Å². The zero-order valence-electron chi connectivity index (χ0n) is 11.8. The summed E-state index contributed by atoms with van der Waals surface area (Å²) in [6.45, 7) is 2.45. The average Bonchev–Trinajstić information content (AvgIpc) is 2.69. The van der Waals surface area contributed by atoms with Gasteiger partial charge in [-0.15, -0.1) is 0 Å². The maximum Gasteiger partial charge on any atom is 0.375 e. The van der Waals surface area contributed by atoms with Gasteiger partial charge in [0.05, 0.1) is 0 Å². The highest BCUT2D eigenvalue weighted by Gasteiger charge is 2.27. The zero-order chi connectivity index (χ0) is 14.8. The number of benzene rings is 1. The summed E-state index contributed by atoms with van der Waals surface area (Å²) in [4.78, 5) is 24.1. The van der Waals surface area contributed by atoms with Gasteiger partial charge in [0.15, 0.2) is 6.10 Å². The average molecular weight is 287 g/mol. The molecule has 1 aromatic heterocycles. The van der Waals surface area contributed by atoms with Crippen molar-refractivity contribution in [2.45, 2.75) is 32.3 Å². The SMILES string of the molecule is Cc1c(C(=O)O[C@@H]2CCCCNC2=O)oc2ccccc12. The first-order chi connectivity index (χ1) is 10.2. The van der Waals surface area contributed by atoms with Crippen molar-refractivity contribution >= 4 is 22.8 Å². The highest BCUT2D eigenvalue weighted by atomic mass is 16.6. The molecule has 1 atom stereocenters. The summed E-state index contributed by atoms with van der Waals surface area (Å²) in [7, 11) is 0. The van der Waals surface area contributed by atoms with Gasteiger partial charge in [0.2, 0.25) is 5.76 Å². The number of nitrogens with one attached hydrogen (secondary N) is 1. The molecule has 1 amide bonds. The van der Waals surface area contributed by atoms with E-state index >= 15 is 0 Å². The van der Waals surface area contributed by atoms with Crippen molar-refractivity contribution in [1.29, 1.82) is 0 Å². The molecule has 0 bridgehead atoms. The molecule has 21 heavy (non-hydrogen) atoms. The summed E-state index contributed by atoms with van der Waals surface area (Å²) in [6.07, 6.45) is 1.59. The predicted molar refractivity (Wildman–Crippen MR) is 77.0 cm³/mol. The van der Waals surface area contributed by atoms with Gasteiger partial charge < -0.3 is 14.5 Å². The first kappa shape index (κ1) is 13.7. The summed E-state index contributed by atoms with van der Waals surface area (Å²) < 4.78 is 10.9. The molecule has 0 radical (unpaired) electrons.